The molecule has 1 fully saturated rings. The van der Waals surface area contributed by atoms with Crippen molar-refractivity contribution in [3.8, 4) is 0 Å². The molecule has 3 heterocycles. The predicted molar refractivity (Wildman–Crippen MR) is 135 cm³/mol. The second kappa shape index (κ2) is 8.94. The van der Waals surface area contributed by atoms with Crippen LogP contribution in [0.4, 0.5) is 0 Å². The third kappa shape index (κ3) is 3.99. The zero-order valence-corrected chi connectivity index (χ0v) is 20.4. The van der Waals surface area contributed by atoms with E-state index in [0.717, 1.165) is 54.1 Å². The minimum Gasteiger partial charge on any atom is -0.437 e. The number of benzene rings is 1. The number of piperazine rings is 1. The number of rotatable bonds is 4. The highest BCUT2D eigenvalue weighted by Gasteiger charge is 2.39. The lowest BCUT2D eigenvalue weighted by atomic mass is 9.83. The molecule has 2 N–H and O–H groups in total. The second-order valence-electron chi connectivity index (χ2n) is 9.34. The van der Waals surface area contributed by atoms with Crippen molar-refractivity contribution in [1.29, 1.82) is 0 Å². The molecular weight excluding hydrogens is 449 g/mol. The summed E-state index contributed by atoms with van der Waals surface area (Å²) in [5.41, 5.74) is 4.02. The molecule has 9 heteroatoms. The summed E-state index contributed by atoms with van der Waals surface area (Å²) in [7, 11) is 1.42. The van der Waals surface area contributed by atoms with Gasteiger partial charge in [0, 0.05) is 44.4 Å². The van der Waals surface area contributed by atoms with E-state index >= 15 is 0 Å². The summed E-state index contributed by atoms with van der Waals surface area (Å²) in [6.07, 6.45) is 7.26. The molecule has 3 aromatic rings. The van der Waals surface area contributed by atoms with Crippen LogP contribution in [-0.2, 0) is 12.6 Å². The Labute approximate surface area is 205 Å². The SMILES string of the molecule is CB(O)N1CCN(C2c3ccc(Cl)cc3C([C@@](C)(O)c3cncn3C)=Cc3cccnc32)CC1. The third-order valence-corrected chi connectivity index (χ3v) is 7.35. The summed E-state index contributed by atoms with van der Waals surface area (Å²) in [6.45, 7) is 6.74. The first kappa shape index (κ1) is 23.3. The normalized spacial score (nSPS) is 20.6. The van der Waals surface area contributed by atoms with Gasteiger partial charge in [0.25, 0.3) is 0 Å². The van der Waals surface area contributed by atoms with Crippen LogP contribution in [0.2, 0.25) is 11.8 Å². The minimum absolute atomic E-state index is 0.101. The maximum atomic E-state index is 11.9. The van der Waals surface area contributed by atoms with Gasteiger partial charge in [-0.1, -0.05) is 23.7 Å². The maximum absolute atomic E-state index is 11.9. The number of nitrogens with zero attached hydrogens (tertiary/aromatic N) is 5. The Bertz CT molecular complexity index is 1230. The molecule has 34 heavy (non-hydrogen) atoms. The molecule has 1 saturated heterocycles. The Balaban J connectivity index is 1.68. The number of aryl methyl sites for hydroxylation is 1. The highest BCUT2D eigenvalue weighted by atomic mass is 35.5. The molecule has 2 atom stereocenters. The molecule has 1 aromatic carbocycles. The summed E-state index contributed by atoms with van der Waals surface area (Å²) < 4.78 is 1.84. The van der Waals surface area contributed by atoms with E-state index in [9.17, 15) is 10.1 Å². The van der Waals surface area contributed by atoms with E-state index in [0.29, 0.717) is 10.7 Å². The van der Waals surface area contributed by atoms with Gasteiger partial charge in [-0.05, 0) is 60.3 Å². The van der Waals surface area contributed by atoms with E-state index < -0.39 is 12.7 Å². The van der Waals surface area contributed by atoms with Gasteiger partial charge in [0.05, 0.1) is 30.0 Å². The van der Waals surface area contributed by atoms with Crippen LogP contribution in [0, 0.1) is 0 Å². The summed E-state index contributed by atoms with van der Waals surface area (Å²) in [4.78, 5) is 13.5. The molecule has 0 radical (unpaired) electrons. The van der Waals surface area contributed by atoms with Crippen LogP contribution < -0.4 is 0 Å². The highest BCUT2D eigenvalue weighted by molar-refractivity contribution is 6.45. The fourth-order valence-corrected chi connectivity index (χ4v) is 5.44. The van der Waals surface area contributed by atoms with E-state index in [1.54, 1.807) is 19.4 Å². The Kier molecular flexibility index (Phi) is 6.12. The Morgan fingerprint density at radius 2 is 1.94 bits per heavy atom. The van der Waals surface area contributed by atoms with Crippen LogP contribution in [0.25, 0.3) is 11.6 Å². The lowest BCUT2D eigenvalue weighted by Crippen LogP contribution is -2.52. The van der Waals surface area contributed by atoms with Gasteiger partial charge in [-0.3, -0.25) is 9.88 Å². The number of aliphatic hydroxyl groups is 1. The molecule has 5 rings (SSSR count). The first-order valence-corrected chi connectivity index (χ1v) is 12.0. The van der Waals surface area contributed by atoms with Gasteiger partial charge in [0.15, 0.2) is 0 Å². The average Bonchev–Trinajstić information content (AvgIpc) is 3.20. The van der Waals surface area contributed by atoms with Crippen LogP contribution in [0.3, 0.4) is 0 Å². The van der Waals surface area contributed by atoms with Gasteiger partial charge >= 0.3 is 7.05 Å². The molecule has 0 bridgehead atoms. The average molecular weight is 478 g/mol. The number of fused-ring (bicyclic) bond motifs is 2. The topological polar surface area (TPSA) is 77.6 Å². The quantitative estimate of drug-likeness (QED) is 0.563. The van der Waals surface area contributed by atoms with E-state index in [1.807, 2.05) is 55.0 Å². The van der Waals surface area contributed by atoms with E-state index in [1.165, 1.54) is 0 Å². The van der Waals surface area contributed by atoms with Gasteiger partial charge in [-0.15, -0.1) is 0 Å². The van der Waals surface area contributed by atoms with Crippen molar-refractivity contribution in [2.24, 2.45) is 7.05 Å². The molecule has 7 nitrogen and oxygen atoms in total. The van der Waals surface area contributed by atoms with Crippen molar-refractivity contribution >= 4 is 30.3 Å². The predicted octanol–water partition coefficient (Wildman–Crippen LogP) is 3.05. The van der Waals surface area contributed by atoms with Crippen LogP contribution in [-0.4, -0.2) is 67.6 Å². The lowest BCUT2D eigenvalue weighted by molar-refractivity contribution is 0.114. The van der Waals surface area contributed by atoms with Crippen molar-refractivity contribution in [3.05, 3.63) is 82.2 Å². The largest absolute Gasteiger partial charge is 0.437 e. The van der Waals surface area contributed by atoms with Gasteiger partial charge < -0.3 is 19.5 Å². The summed E-state index contributed by atoms with van der Waals surface area (Å²) in [5, 5.41) is 22.6. The van der Waals surface area contributed by atoms with E-state index in [4.69, 9.17) is 16.6 Å². The number of aromatic nitrogens is 3. The zero-order chi connectivity index (χ0) is 24.0. The molecule has 1 aliphatic heterocycles. The van der Waals surface area contributed by atoms with Crippen LogP contribution in [0.5, 0.6) is 0 Å². The smallest absolute Gasteiger partial charge is 0.376 e. The first-order chi connectivity index (χ1) is 16.3. The maximum Gasteiger partial charge on any atom is 0.376 e. The van der Waals surface area contributed by atoms with Gasteiger partial charge in [0.2, 0.25) is 0 Å². The lowest BCUT2D eigenvalue weighted by Gasteiger charge is -2.40. The van der Waals surface area contributed by atoms with Crippen molar-refractivity contribution < 1.29 is 10.1 Å². The summed E-state index contributed by atoms with van der Waals surface area (Å²) in [6, 6.07) is 9.78. The first-order valence-electron chi connectivity index (χ1n) is 11.6. The molecule has 0 amide bonds. The molecule has 2 aliphatic rings. The standard InChI is InChI=1S/C25H29BClN5O2/c1-25(33,22-15-28-16-30(22)3)21-13-17-5-4-8-29-23(17)24(19-7-6-18(27)14-20(19)21)31-9-11-32(12-10-31)26(2)34/h4-8,13-16,24,33-34H,9-12H2,1-3H3/t24?,25-/m1/s1. The fourth-order valence-electron chi connectivity index (χ4n) is 5.27. The highest BCUT2D eigenvalue weighted by Crippen LogP contribution is 2.46. The molecule has 1 unspecified atom stereocenters. The Morgan fingerprint density at radius 1 is 1.18 bits per heavy atom. The van der Waals surface area contributed by atoms with Gasteiger partial charge in [-0.2, -0.15) is 0 Å². The van der Waals surface area contributed by atoms with Crippen LogP contribution >= 0.6 is 11.6 Å². The Morgan fingerprint density at radius 3 is 2.62 bits per heavy atom. The molecular formula is C25H29BClN5O2. The van der Waals surface area contributed by atoms with Gasteiger partial charge in [0.1, 0.15) is 5.60 Å². The molecule has 1 aliphatic carbocycles. The number of pyridine rings is 1. The number of hydrogen-bond acceptors (Lipinski definition) is 6. The van der Waals surface area contributed by atoms with Crippen molar-refractivity contribution in [2.45, 2.75) is 25.4 Å². The Hall–Kier alpha value is -2.49. The zero-order valence-electron chi connectivity index (χ0n) is 19.7. The minimum atomic E-state index is -1.31. The van der Waals surface area contributed by atoms with Crippen molar-refractivity contribution in [2.75, 3.05) is 26.2 Å². The second-order valence-corrected chi connectivity index (χ2v) is 9.77. The molecule has 2 aromatic heterocycles. The third-order valence-electron chi connectivity index (χ3n) is 7.11. The van der Waals surface area contributed by atoms with E-state index in [-0.39, 0.29) is 6.04 Å². The fraction of sp³-hybridized carbons (Fsp3) is 0.360. The monoisotopic (exact) mass is 477 g/mol. The molecule has 0 saturated carbocycles. The van der Waals surface area contributed by atoms with Crippen LogP contribution in [0.15, 0.2) is 49.1 Å². The number of halogens is 1. The summed E-state index contributed by atoms with van der Waals surface area (Å²) >= 11 is 6.51. The molecule has 176 valence electrons. The molecule has 0 spiro atoms. The van der Waals surface area contributed by atoms with E-state index in [2.05, 4.69) is 20.8 Å². The van der Waals surface area contributed by atoms with Crippen molar-refractivity contribution in [3.63, 3.8) is 0 Å². The van der Waals surface area contributed by atoms with Gasteiger partial charge in [-0.25, -0.2) is 4.98 Å². The number of hydrogen-bond donors (Lipinski definition) is 2. The van der Waals surface area contributed by atoms with Crippen molar-refractivity contribution in [1.82, 2.24) is 24.2 Å². The number of imidazole rings is 1. The van der Waals surface area contributed by atoms with Crippen LogP contribution in [0.1, 0.15) is 41.0 Å². The summed E-state index contributed by atoms with van der Waals surface area (Å²) in [5.74, 6) is 0.